The highest BCUT2D eigenvalue weighted by molar-refractivity contribution is 6.01. The Bertz CT molecular complexity index is 519. The molecular weight excluding hydrogens is 263 g/mol. The van der Waals surface area contributed by atoms with Crippen LogP contribution in [0.5, 0.6) is 0 Å². The summed E-state index contributed by atoms with van der Waals surface area (Å²) in [6.07, 6.45) is 0.340. The molecule has 0 bridgehead atoms. The second-order valence-electron chi connectivity index (χ2n) is 4.69. The van der Waals surface area contributed by atoms with Gasteiger partial charge >= 0.3 is 0 Å². The van der Waals surface area contributed by atoms with Crippen LogP contribution in [0.2, 0.25) is 0 Å². The number of carbonyl (C=O) groups excluding carboxylic acids is 1. The first kappa shape index (κ1) is 14.5. The molecule has 1 aliphatic heterocycles. The van der Waals surface area contributed by atoms with Crippen LogP contribution in [0.3, 0.4) is 0 Å². The molecule has 2 rings (SSSR count). The summed E-state index contributed by atoms with van der Waals surface area (Å²) >= 11 is 0. The van der Waals surface area contributed by atoms with E-state index in [1.165, 1.54) is 24.1 Å². The van der Waals surface area contributed by atoms with Crippen LogP contribution in [-0.2, 0) is 14.4 Å². The lowest BCUT2D eigenvalue weighted by Crippen LogP contribution is -2.36. The van der Waals surface area contributed by atoms with Gasteiger partial charge in [0.2, 0.25) is 5.91 Å². The predicted octanol–water partition coefficient (Wildman–Crippen LogP) is 1.42. The number of ether oxygens (including phenoxy) is 1. The first-order valence-electron chi connectivity index (χ1n) is 6.31. The Balaban J connectivity index is 1.90. The molecule has 1 atom stereocenters. The van der Waals surface area contributed by atoms with Crippen LogP contribution < -0.4 is 0 Å². The normalized spacial score (nSPS) is 17.6. The van der Waals surface area contributed by atoms with Crippen molar-refractivity contribution in [2.75, 3.05) is 27.3 Å². The second kappa shape index (κ2) is 6.47. The molecule has 1 aromatic carbocycles. The Kier molecular flexibility index (Phi) is 4.68. The van der Waals surface area contributed by atoms with Gasteiger partial charge in [0.05, 0.1) is 12.3 Å². The average Bonchev–Trinajstić information content (AvgIpc) is 2.87. The molecule has 1 amide bonds. The molecule has 0 radical (unpaired) electrons. The molecule has 0 N–H and O–H groups in total. The fourth-order valence-electron chi connectivity index (χ4n) is 2.01. The zero-order valence-electron chi connectivity index (χ0n) is 11.5. The number of rotatable bonds is 5. The number of halogens is 1. The van der Waals surface area contributed by atoms with Crippen molar-refractivity contribution in [2.45, 2.75) is 12.5 Å². The van der Waals surface area contributed by atoms with E-state index < -0.39 is 0 Å². The number of nitrogens with zero attached hydrogens (tertiary/aromatic N) is 2. The second-order valence-corrected chi connectivity index (χ2v) is 4.69. The number of hydrogen-bond acceptors (Lipinski definition) is 4. The Hall–Kier alpha value is -1.95. The first-order chi connectivity index (χ1) is 9.60. The molecule has 108 valence electrons. The number of hydrogen-bond donors (Lipinski definition) is 0. The highest BCUT2D eigenvalue weighted by atomic mass is 19.1. The molecule has 20 heavy (non-hydrogen) atoms. The Morgan fingerprint density at radius 1 is 1.60 bits per heavy atom. The van der Waals surface area contributed by atoms with E-state index in [2.05, 4.69) is 5.16 Å². The van der Waals surface area contributed by atoms with Crippen molar-refractivity contribution < 1.29 is 18.8 Å². The molecule has 1 aliphatic rings. The highest BCUT2D eigenvalue weighted by Crippen LogP contribution is 2.18. The number of benzene rings is 1. The number of carbonyl (C=O) groups is 1. The van der Waals surface area contributed by atoms with Gasteiger partial charge in [0.25, 0.3) is 0 Å². The maximum absolute atomic E-state index is 13.2. The van der Waals surface area contributed by atoms with Crippen LogP contribution in [0, 0.1) is 5.82 Å². The van der Waals surface area contributed by atoms with Crippen LogP contribution in [-0.4, -0.2) is 49.9 Å². The molecule has 0 spiro atoms. The fourth-order valence-corrected chi connectivity index (χ4v) is 2.01. The molecule has 1 heterocycles. The van der Waals surface area contributed by atoms with E-state index in [1.807, 2.05) is 0 Å². The van der Waals surface area contributed by atoms with E-state index in [0.29, 0.717) is 24.2 Å². The maximum atomic E-state index is 13.2. The molecule has 0 aliphatic carbocycles. The smallest absolute Gasteiger partial charge is 0.248 e. The summed E-state index contributed by atoms with van der Waals surface area (Å²) in [5.74, 6) is -0.420. The van der Waals surface area contributed by atoms with Crippen LogP contribution in [0.1, 0.15) is 12.0 Å². The molecule has 1 unspecified atom stereocenters. The molecular formula is C14H17FN2O3. The van der Waals surface area contributed by atoms with Crippen molar-refractivity contribution in [3.05, 3.63) is 35.6 Å². The highest BCUT2D eigenvalue weighted by Gasteiger charge is 2.25. The standard InChI is InChI=1S/C14H17FN2O3/c1-17(14(18)9-19-2)8-12-7-13(16-20-12)10-4-3-5-11(15)6-10/h3-6,12H,7-9H2,1-2H3. The third kappa shape index (κ3) is 3.54. The third-order valence-electron chi connectivity index (χ3n) is 3.06. The van der Waals surface area contributed by atoms with Crippen molar-refractivity contribution >= 4 is 11.6 Å². The summed E-state index contributed by atoms with van der Waals surface area (Å²) in [5.41, 5.74) is 1.40. The van der Waals surface area contributed by atoms with Crippen molar-refractivity contribution in [3.8, 4) is 0 Å². The zero-order chi connectivity index (χ0) is 14.5. The van der Waals surface area contributed by atoms with Crippen molar-refractivity contribution in [1.82, 2.24) is 4.90 Å². The van der Waals surface area contributed by atoms with Gasteiger partial charge in [-0.3, -0.25) is 4.79 Å². The number of likely N-dealkylation sites (N-methyl/N-ethyl adjacent to an activating group) is 1. The van der Waals surface area contributed by atoms with Gasteiger partial charge in [-0.2, -0.15) is 0 Å². The van der Waals surface area contributed by atoms with E-state index in [1.54, 1.807) is 19.2 Å². The zero-order valence-corrected chi connectivity index (χ0v) is 11.5. The largest absolute Gasteiger partial charge is 0.390 e. The van der Waals surface area contributed by atoms with Crippen LogP contribution in [0.25, 0.3) is 0 Å². The van der Waals surface area contributed by atoms with Crippen LogP contribution >= 0.6 is 0 Å². The van der Waals surface area contributed by atoms with Gasteiger partial charge in [-0.15, -0.1) is 0 Å². The maximum Gasteiger partial charge on any atom is 0.248 e. The van der Waals surface area contributed by atoms with E-state index in [0.717, 1.165) is 0 Å². The summed E-state index contributed by atoms with van der Waals surface area (Å²) in [7, 11) is 3.16. The Morgan fingerprint density at radius 3 is 3.10 bits per heavy atom. The first-order valence-corrected chi connectivity index (χ1v) is 6.31. The van der Waals surface area contributed by atoms with Gasteiger partial charge in [0.15, 0.2) is 6.10 Å². The van der Waals surface area contributed by atoms with Crippen LogP contribution in [0.4, 0.5) is 4.39 Å². The van der Waals surface area contributed by atoms with E-state index in [4.69, 9.17) is 9.57 Å². The van der Waals surface area contributed by atoms with Gasteiger partial charge in [0, 0.05) is 26.1 Å². The lowest BCUT2D eigenvalue weighted by Gasteiger charge is -2.19. The molecule has 5 nitrogen and oxygen atoms in total. The summed E-state index contributed by atoms with van der Waals surface area (Å²) in [4.78, 5) is 18.4. The molecule has 1 aromatic rings. The van der Waals surface area contributed by atoms with E-state index in [9.17, 15) is 9.18 Å². The topological polar surface area (TPSA) is 51.1 Å². The minimum Gasteiger partial charge on any atom is -0.390 e. The van der Waals surface area contributed by atoms with Crippen molar-refractivity contribution in [2.24, 2.45) is 5.16 Å². The van der Waals surface area contributed by atoms with Crippen LogP contribution in [0.15, 0.2) is 29.4 Å². The predicted molar refractivity (Wildman–Crippen MR) is 71.9 cm³/mol. The number of oxime groups is 1. The Labute approximate surface area is 117 Å². The van der Waals surface area contributed by atoms with Gasteiger partial charge in [-0.25, -0.2) is 4.39 Å². The van der Waals surface area contributed by atoms with Gasteiger partial charge < -0.3 is 14.5 Å². The lowest BCUT2D eigenvalue weighted by atomic mass is 10.0. The third-order valence-corrected chi connectivity index (χ3v) is 3.06. The summed E-state index contributed by atoms with van der Waals surface area (Å²) in [6, 6.07) is 6.22. The molecule has 6 heteroatoms. The quantitative estimate of drug-likeness (QED) is 0.819. The van der Waals surface area contributed by atoms with Crippen molar-refractivity contribution in [3.63, 3.8) is 0 Å². The number of amides is 1. The van der Waals surface area contributed by atoms with Gasteiger partial charge in [0.1, 0.15) is 12.4 Å². The van der Waals surface area contributed by atoms with Gasteiger partial charge in [-0.05, 0) is 12.1 Å². The lowest BCUT2D eigenvalue weighted by molar-refractivity contribution is -0.135. The SMILES string of the molecule is COCC(=O)N(C)CC1CC(c2cccc(F)c2)=NO1. The fraction of sp³-hybridized carbons (Fsp3) is 0.429. The summed E-state index contributed by atoms with van der Waals surface area (Å²) in [5, 5.41) is 3.97. The summed E-state index contributed by atoms with van der Waals surface area (Å²) < 4.78 is 17.9. The molecule has 0 saturated carbocycles. The summed E-state index contributed by atoms with van der Waals surface area (Å²) in [6.45, 7) is 0.464. The minimum absolute atomic E-state index is 0.0425. The van der Waals surface area contributed by atoms with Gasteiger partial charge in [-0.1, -0.05) is 17.3 Å². The van der Waals surface area contributed by atoms with E-state index >= 15 is 0 Å². The molecule has 0 aromatic heterocycles. The molecule has 0 fully saturated rings. The Morgan fingerprint density at radius 2 is 2.40 bits per heavy atom. The van der Waals surface area contributed by atoms with Crippen molar-refractivity contribution in [1.29, 1.82) is 0 Å². The average molecular weight is 280 g/mol. The monoisotopic (exact) mass is 280 g/mol. The van der Waals surface area contributed by atoms with E-state index in [-0.39, 0.29) is 24.4 Å². The minimum atomic E-state index is -0.305. The number of methoxy groups -OCH3 is 1. The molecule has 0 saturated heterocycles.